The van der Waals surface area contributed by atoms with Crippen LogP contribution in [0.1, 0.15) is 114 Å². The number of rotatable bonds is 10. The van der Waals surface area contributed by atoms with Crippen molar-refractivity contribution in [3.05, 3.63) is 53.9 Å². The van der Waals surface area contributed by atoms with E-state index in [1.807, 2.05) is 13.1 Å². The Kier molecular flexibility index (Phi) is 11.7. The normalized spacial score (nSPS) is 31.6. The standard InChI is InChI=1S/C57H74N10O8/c1-33-36-21-57(22-36,75-33)54(70)60-48-50(65-28-56(29-65)31-72-32-56)51-59-45(27-73-51)35-8-13-46-41(19-35)43(23-55(3,4)30-74-53(69)44-7-6-14-66(61-44)52(48)68)49(67(46)40-25-64(26-40)38-11-12-38)42-20-39(24-58-47(42)34(2)71-5)63-17-15-62(16-18-63)37-9-10-37/h8,13,19-20,24,27,33-34,36-38,40,44,48,50,61H,6-7,9-12,14-18,21-23,25-26,28-32H2,1-5H3,(H,60,70)/t33-,34+,36?,44+,48+,50+,57?/m1/s1. The number of amides is 2. The zero-order valence-electron chi connectivity index (χ0n) is 44.4. The molecule has 1 spiro atoms. The molecular weight excluding hydrogens is 953 g/mol. The van der Waals surface area contributed by atoms with Crippen LogP contribution in [-0.2, 0) is 39.8 Å². The molecule has 3 aliphatic carbocycles. The number of likely N-dealkylation sites (tertiary alicyclic amines) is 2. The van der Waals surface area contributed by atoms with Crippen LogP contribution in [0.2, 0.25) is 0 Å². The van der Waals surface area contributed by atoms with Crippen LogP contribution in [-0.4, -0.2) is 174 Å². The number of pyridine rings is 1. The number of esters is 1. The second-order valence-corrected chi connectivity index (χ2v) is 25.1. The summed E-state index contributed by atoms with van der Waals surface area (Å²) in [7, 11) is 1.76. The maximum atomic E-state index is 15.3. The van der Waals surface area contributed by atoms with E-state index < -0.39 is 35.1 Å². The van der Waals surface area contributed by atoms with Gasteiger partial charge >= 0.3 is 5.97 Å². The van der Waals surface area contributed by atoms with Crippen LogP contribution in [0.5, 0.6) is 0 Å². The van der Waals surface area contributed by atoms with Crippen molar-refractivity contribution in [3.63, 3.8) is 0 Å². The predicted molar refractivity (Wildman–Crippen MR) is 278 cm³/mol. The third-order valence-corrected chi connectivity index (χ3v) is 19.0. The number of hydrogen-bond acceptors (Lipinski definition) is 15. The van der Waals surface area contributed by atoms with E-state index in [4.69, 9.17) is 33.3 Å². The van der Waals surface area contributed by atoms with Crippen molar-refractivity contribution in [1.82, 2.24) is 45.0 Å². The fourth-order valence-corrected chi connectivity index (χ4v) is 14.1. The van der Waals surface area contributed by atoms with Gasteiger partial charge in [-0.25, -0.2) is 10.4 Å². The first-order valence-electron chi connectivity index (χ1n) is 28.2. The molecule has 18 heteroatoms. The quantitative estimate of drug-likeness (QED) is 0.193. The highest BCUT2D eigenvalue weighted by molar-refractivity contribution is 5.96. The number of cyclic esters (lactones) is 1. The minimum Gasteiger partial charge on any atom is -0.464 e. The third kappa shape index (κ3) is 8.42. The topological polar surface area (TPSA) is 172 Å². The molecule has 15 rings (SSSR count). The third-order valence-electron chi connectivity index (χ3n) is 19.0. The second-order valence-electron chi connectivity index (χ2n) is 25.1. The molecule has 2 amide bonds. The highest BCUT2D eigenvalue weighted by atomic mass is 16.5. The summed E-state index contributed by atoms with van der Waals surface area (Å²) >= 11 is 0. The number of carbonyl (C=O) groups excluding carboxylic acids is 3. The van der Waals surface area contributed by atoms with Gasteiger partial charge in [0, 0.05) is 111 Å². The van der Waals surface area contributed by atoms with Crippen LogP contribution >= 0.6 is 0 Å². The molecule has 3 saturated carbocycles. The number of nitrogens with zero attached hydrogens (tertiary/aromatic N) is 8. The SMILES string of the molecule is CO[C@@H](C)c1ncc(N2CCN(C3CC3)CC2)cc1-c1c2c3cc(ccc3n1C1CN(C3CC3)C1)-c1coc(n1)[C@@H](N1CC3(COC3)C1)[C@H](NC(=O)C13CC(C1)[C@@H](C)O3)C(=O)N1CCC[C@H](N1)C(=O)OCC(C)(C)C2. The van der Waals surface area contributed by atoms with Gasteiger partial charge in [-0.1, -0.05) is 19.9 Å². The molecule has 11 aliphatic rings. The fraction of sp³-hybridized carbons (Fsp3) is 0.667. The van der Waals surface area contributed by atoms with Crippen LogP contribution in [0.4, 0.5) is 5.69 Å². The summed E-state index contributed by atoms with van der Waals surface area (Å²) in [5.41, 5.74) is 9.74. The molecule has 8 bridgehead atoms. The summed E-state index contributed by atoms with van der Waals surface area (Å²) in [5, 5.41) is 5.85. The fourth-order valence-electron chi connectivity index (χ4n) is 14.1. The van der Waals surface area contributed by atoms with Gasteiger partial charge in [0.25, 0.3) is 11.8 Å². The van der Waals surface area contributed by atoms with Crippen molar-refractivity contribution in [1.29, 1.82) is 0 Å². The maximum Gasteiger partial charge on any atom is 0.324 e. The molecule has 75 heavy (non-hydrogen) atoms. The molecule has 10 fully saturated rings. The number of methoxy groups -OCH3 is 1. The van der Waals surface area contributed by atoms with Gasteiger partial charge < -0.3 is 38.1 Å². The van der Waals surface area contributed by atoms with Crippen molar-refractivity contribution in [2.45, 2.75) is 140 Å². The molecule has 4 aromatic rings. The number of anilines is 1. The summed E-state index contributed by atoms with van der Waals surface area (Å²) in [4.78, 5) is 64.9. The van der Waals surface area contributed by atoms with E-state index in [1.165, 1.54) is 30.7 Å². The van der Waals surface area contributed by atoms with Crippen LogP contribution < -0.4 is 15.6 Å². The molecule has 7 saturated heterocycles. The number of benzene rings is 1. The van der Waals surface area contributed by atoms with Gasteiger partial charge in [-0.3, -0.25) is 39.1 Å². The minimum atomic E-state index is -1.12. The second kappa shape index (κ2) is 18.1. The molecule has 1 aromatic carbocycles. The van der Waals surface area contributed by atoms with Gasteiger partial charge in [-0.2, -0.15) is 0 Å². The van der Waals surface area contributed by atoms with E-state index in [0.717, 1.165) is 90.0 Å². The van der Waals surface area contributed by atoms with Gasteiger partial charge in [-0.15, -0.1) is 0 Å². The Balaban J connectivity index is 0.917. The lowest BCUT2D eigenvalue weighted by Gasteiger charge is -2.57. The molecular formula is C57H74N10O8. The van der Waals surface area contributed by atoms with Gasteiger partial charge in [-0.05, 0) is 101 Å². The number of carbonyl (C=O) groups is 3. The Morgan fingerprint density at radius 2 is 1.68 bits per heavy atom. The summed E-state index contributed by atoms with van der Waals surface area (Å²) in [6.45, 7) is 17.4. The average molecular weight is 1030 g/mol. The van der Waals surface area contributed by atoms with Gasteiger partial charge in [0.05, 0.1) is 61.3 Å². The number of fused-ring (bicyclic) bond motifs is 7. The van der Waals surface area contributed by atoms with Crippen LogP contribution in [0.15, 0.2) is 41.1 Å². The molecule has 3 aromatic heterocycles. The molecule has 18 nitrogen and oxygen atoms in total. The monoisotopic (exact) mass is 1030 g/mol. The number of piperazine rings is 1. The first-order chi connectivity index (χ1) is 36.2. The van der Waals surface area contributed by atoms with Crippen molar-refractivity contribution in [2.75, 3.05) is 90.7 Å². The lowest BCUT2D eigenvalue weighted by atomic mass is 9.72. The largest absolute Gasteiger partial charge is 0.464 e. The zero-order chi connectivity index (χ0) is 51.1. The van der Waals surface area contributed by atoms with Crippen LogP contribution in [0.3, 0.4) is 0 Å². The molecule has 11 heterocycles. The number of oxazole rings is 1. The average Bonchev–Trinajstić information content (AvgIpc) is 4.27. The van der Waals surface area contributed by atoms with E-state index in [-0.39, 0.29) is 42.1 Å². The van der Waals surface area contributed by atoms with Gasteiger partial charge in [0.15, 0.2) is 0 Å². The molecule has 8 aliphatic heterocycles. The first-order valence-corrected chi connectivity index (χ1v) is 28.2. The van der Waals surface area contributed by atoms with Crippen LogP contribution in [0, 0.1) is 16.7 Å². The van der Waals surface area contributed by atoms with E-state index in [2.05, 4.69) is 79.9 Å². The Labute approximate surface area is 439 Å². The lowest BCUT2D eigenvalue weighted by molar-refractivity contribution is -0.204. The first kappa shape index (κ1) is 48.4. The molecule has 0 unspecified atom stereocenters. The molecule has 400 valence electrons. The predicted octanol–water partition coefficient (Wildman–Crippen LogP) is 5.42. The highest BCUT2D eigenvalue weighted by Gasteiger charge is 2.62. The van der Waals surface area contributed by atoms with Crippen LogP contribution in [0.25, 0.3) is 33.4 Å². The summed E-state index contributed by atoms with van der Waals surface area (Å²) in [6.07, 6.45) is 11.4. The van der Waals surface area contributed by atoms with Gasteiger partial charge in [0.1, 0.15) is 35.7 Å². The summed E-state index contributed by atoms with van der Waals surface area (Å²) in [6, 6.07) is 7.99. The van der Waals surface area contributed by atoms with Crippen molar-refractivity contribution in [3.8, 4) is 22.5 Å². The smallest absolute Gasteiger partial charge is 0.324 e. The Bertz CT molecular complexity index is 2900. The minimum absolute atomic E-state index is 0.0294. The lowest BCUT2D eigenvalue weighted by Crippen LogP contribution is -2.70. The molecule has 0 radical (unpaired) electrons. The van der Waals surface area contributed by atoms with E-state index in [9.17, 15) is 9.59 Å². The van der Waals surface area contributed by atoms with E-state index >= 15 is 4.79 Å². The van der Waals surface area contributed by atoms with E-state index in [0.29, 0.717) is 88.5 Å². The number of hydrazine groups is 1. The number of hydrogen-bond donors (Lipinski definition) is 2. The highest BCUT2D eigenvalue weighted by Crippen LogP contribution is 2.53. The Hall–Kier alpha value is -4.95. The molecule has 2 N–H and O–H groups in total. The van der Waals surface area contributed by atoms with Crippen molar-refractivity contribution < 1.29 is 37.7 Å². The van der Waals surface area contributed by atoms with Crippen molar-refractivity contribution >= 4 is 34.4 Å². The number of aromatic nitrogens is 3. The summed E-state index contributed by atoms with van der Waals surface area (Å²) in [5.74, 6) is -0.431. The van der Waals surface area contributed by atoms with E-state index in [1.54, 1.807) is 13.4 Å². The number of ether oxygens (including phenoxy) is 4. The Morgan fingerprint density at radius 3 is 2.37 bits per heavy atom. The van der Waals surface area contributed by atoms with Crippen molar-refractivity contribution in [2.24, 2.45) is 16.7 Å². The van der Waals surface area contributed by atoms with Gasteiger partial charge in [0.2, 0.25) is 5.89 Å². The molecule has 5 atom stereocenters. The number of nitrogens with one attached hydrogen (secondary N) is 2. The summed E-state index contributed by atoms with van der Waals surface area (Å²) < 4.78 is 33.8. The Morgan fingerprint density at radius 1 is 0.920 bits per heavy atom. The zero-order valence-corrected chi connectivity index (χ0v) is 44.4. The maximum absolute atomic E-state index is 15.3.